The van der Waals surface area contributed by atoms with Crippen LogP contribution in [0.4, 0.5) is 0 Å². The maximum atomic E-state index is 7.31. The molecule has 0 amide bonds. The standard InChI is InChI=1S/C14H21N3O/c1-2-10-4-3-5-12(8-10)18-13-7-6-11(9-17-13)14(15)16/h6-7,9-10,12H,2-5,8H2,1H3,(H3,15,16). The van der Waals surface area contributed by atoms with Crippen LogP contribution in [-0.4, -0.2) is 16.9 Å². The normalized spacial score (nSPS) is 23.6. The van der Waals surface area contributed by atoms with E-state index in [0.29, 0.717) is 17.5 Å². The number of nitrogens with two attached hydrogens (primary N) is 1. The fourth-order valence-electron chi connectivity index (χ4n) is 2.50. The van der Waals surface area contributed by atoms with Crippen molar-refractivity contribution in [3.05, 3.63) is 23.9 Å². The number of aromatic nitrogens is 1. The predicted molar refractivity (Wildman–Crippen MR) is 71.9 cm³/mol. The zero-order valence-corrected chi connectivity index (χ0v) is 10.9. The van der Waals surface area contributed by atoms with Gasteiger partial charge in [-0.05, 0) is 31.2 Å². The van der Waals surface area contributed by atoms with E-state index in [2.05, 4.69) is 11.9 Å². The lowest BCUT2D eigenvalue weighted by Gasteiger charge is -2.28. The number of nitrogen functional groups attached to an aromatic ring is 1. The van der Waals surface area contributed by atoms with Crippen LogP contribution in [0.3, 0.4) is 0 Å². The minimum Gasteiger partial charge on any atom is -0.474 e. The van der Waals surface area contributed by atoms with Crippen LogP contribution in [0.2, 0.25) is 0 Å². The summed E-state index contributed by atoms with van der Waals surface area (Å²) in [4.78, 5) is 4.20. The second-order valence-corrected chi connectivity index (χ2v) is 4.98. The van der Waals surface area contributed by atoms with Crippen LogP contribution in [-0.2, 0) is 0 Å². The molecule has 4 heteroatoms. The number of amidine groups is 1. The topological polar surface area (TPSA) is 72.0 Å². The minimum absolute atomic E-state index is 0.0396. The van der Waals surface area contributed by atoms with E-state index in [-0.39, 0.29) is 5.84 Å². The first-order valence-electron chi connectivity index (χ1n) is 6.66. The average Bonchev–Trinajstić information content (AvgIpc) is 2.39. The number of nitrogens with zero attached hydrogens (tertiary/aromatic N) is 1. The van der Waals surface area contributed by atoms with E-state index in [1.807, 2.05) is 0 Å². The molecule has 1 aliphatic carbocycles. The molecule has 0 spiro atoms. The maximum Gasteiger partial charge on any atom is 0.213 e. The van der Waals surface area contributed by atoms with Crippen LogP contribution in [0.25, 0.3) is 0 Å². The lowest BCUT2D eigenvalue weighted by Crippen LogP contribution is -2.25. The van der Waals surface area contributed by atoms with Crippen LogP contribution in [0.1, 0.15) is 44.6 Å². The van der Waals surface area contributed by atoms with Gasteiger partial charge >= 0.3 is 0 Å². The third-order valence-corrected chi connectivity index (χ3v) is 3.65. The summed E-state index contributed by atoms with van der Waals surface area (Å²) in [5, 5.41) is 7.31. The van der Waals surface area contributed by atoms with Crippen molar-refractivity contribution in [2.45, 2.75) is 45.1 Å². The number of pyridine rings is 1. The molecule has 0 radical (unpaired) electrons. The van der Waals surface area contributed by atoms with Crippen LogP contribution in [0, 0.1) is 11.3 Å². The molecule has 2 rings (SSSR count). The second kappa shape index (κ2) is 5.85. The monoisotopic (exact) mass is 247 g/mol. The molecule has 0 aromatic carbocycles. The number of hydrogen-bond donors (Lipinski definition) is 2. The second-order valence-electron chi connectivity index (χ2n) is 4.98. The van der Waals surface area contributed by atoms with E-state index in [1.54, 1.807) is 18.3 Å². The molecule has 1 fully saturated rings. The fourth-order valence-corrected chi connectivity index (χ4v) is 2.50. The Hall–Kier alpha value is -1.58. The van der Waals surface area contributed by atoms with Gasteiger partial charge in [0.2, 0.25) is 5.88 Å². The van der Waals surface area contributed by atoms with Gasteiger partial charge in [0.25, 0.3) is 0 Å². The summed E-state index contributed by atoms with van der Waals surface area (Å²) in [7, 11) is 0. The van der Waals surface area contributed by atoms with Crippen molar-refractivity contribution in [1.82, 2.24) is 4.98 Å². The Bertz CT molecular complexity index is 402. The van der Waals surface area contributed by atoms with Gasteiger partial charge in [-0.1, -0.05) is 19.8 Å². The summed E-state index contributed by atoms with van der Waals surface area (Å²) in [6.07, 6.45) is 7.94. The molecule has 18 heavy (non-hydrogen) atoms. The maximum absolute atomic E-state index is 7.31. The molecule has 1 aromatic heterocycles. The lowest BCUT2D eigenvalue weighted by atomic mass is 9.85. The molecule has 1 aliphatic rings. The highest BCUT2D eigenvalue weighted by Crippen LogP contribution is 2.29. The summed E-state index contributed by atoms with van der Waals surface area (Å²) >= 11 is 0. The van der Waals surface area contributed by atoms with Gasteiger partial charge in [-0.25, -0.2) is 4.98 Å². The van der Waals surface area contributed by atoms with Gasteiger partial charge in [-0.3, -0.25) is 5.41 Å². The first kappa shape index (κ1) is 12.9. The van der Waals surface area contributed by atoms with Crippen LogP contribution in [0.5, 0.6) is 5.88 Å². The quantitative estimate of drug-likeness (QED) is 0.634. The van der Waals surface area contributed by atoms with Crippen molar-refractivity contribution in [1.29, 1.82) is 5.41 Å². The van der Waals surface area contributed by atoms with Crippen molar-refractivity contribution in [3.63, 3.8) is 0 Å². The Kier molecular flexibility index (Phi) is 4.18. The van der Waals surface area contributed by atoms with Gasteiger partial charge in [-0.15, -0.1) is 0 Å². The van der Waals surface area contributed by atoms with Crippen molar-refractivity contribution >= 4 is 5.84 Å². The molecule has 0 saturated heterocycles. The molecule has 98 valence electrons. The van der Waals surface area contributed by atoms with Crippen molar-refractivity contribution in [2.24, 2.45) is 11.7 Å². The largest absolute Gasteiger partial charge is 0.474 e. The summed E-state index contributed by atoms with van der Waals surface area (Å²) in [5.74, 6) is 1.47. The van der Waals surface area contributed by atoms with E-state index in [9.17, 15) is 0 Å². The van der Waals surface area contributed by atoms with Gasteiger partial charge in [0.1, 0.15) is 11.9 Å². The number of ether oxygens (including phenoxy) is 1. The van der Waals surface area contributed by atoms with Crippen molar-refractivity contribution in [3.8, 4) is 5.88 Å². The molecule has 4 nitrogen and oxygen atoms in total. The summed E-state index contributed by atoms with van der Waals surface area (Å²) < 4.78 is 5.90. The number of nitrogens with one attached hydrogen (secondary N) is 1. The fraction of sp³-hybridized carbons (Fsp3) is 0.571. The molecule has 1 heterocycles. The molecule has 1 saturated carbocycles. The molecule has 0 aliphatic heterocycles. The van der Waals surface area contributed by atoms with Crippen LogP contribution < -0.4 is 10.5 Å². The third kappa shape index (κ3) is 3.22. The van der Waals surface area contributed by atoms with E-state index in [0.717, 1.165) is 18.8 Å². The highest BCUT2D eigenvalue weighted by atomic mass is 16.5. The van der Waals surface area contributed by atoms with E-state index >= 15 is 0 Å². The summed E-state index contributed by atoms with van der Waals surface area (Å²) in [6.45, 7) is 2.24. The highest BCUT2D eigenvalue weighted by molar-refractivity contribution is 5.94. The predicted octanol–water partition coefficient (Wildman–Crippen LogP) is 2.71. The van der Waals surface area contributed by atoms with Crippen molar-refractivity contribution in [2.75, 3.05) is 0 Å². The smallest absolute Gasteiger partial charge is 0.213 e. The molecule has 1 aromatic rings. The first-order valence-corrected chi connectivity index (χ1v) is 6.66. The Morgan fingerprint density at radius 3 is 2.94 bits per heavy atom. The van der Waals surface area contributed by atoms with Gasteiger partial charge in [-0.2, -0.15) is 0 Å². The minimum atomic E-state index is 0.0396. The van der Waals surface area contributed by atoms with Gasteiger partial charge in [0.05, 0.1) is 0 Å². The Morgan fingerprint density at radius 1 is 1.50 bits per heavy atom. The highest BCUT2D eigenvalue weighted by Gasteiger charge is 2.22. The SMILES string of the molecule is CCC1CCCC(Oc2ccc(C(=N)N)cn2)C1. The van der Waals surface area contributed by atoms with Crippen LogP contribution in [0.15, 0.2) is 18.3 Å². The average molecular weight is 247 g/mol. The van der Waals surface area contributed by atoms with Gasteiger partial charge in [0.15, 0.2) is 0 Å². The first-order chi connectivity index (χ1) is 8.69. The molecule has 3 N–H and O–H groups in total. The van der Waals surface area contributed by atoms with Gasteiger partial charge in [0, 0.05) is 17.8 Å². The van der Waals surface area contributed by atoms with Crippen LogP contribution >= 0.6 is 0 Å². The van der Waals surface area contributed by atoms with Crippen molar-refractivity contribution < 1.29 is 4.74 Å². The zero-order chi connectivity index (χ0) is 13.0. The molecule has 2 unspecified atom stereocenters. The molecule has 0 bridgehead atoms. The molecular weight excluding hydrogens is 226 g/mol. The third-order valence-electron chi connectivity index (χ3n) is 3.65. The summed E-state index contributed by atoms with van der Waals surface area (Å²) in [5.41, 5.74) is 6.02. The zero-order valence-electron chi connectivity index (χ0n) is 10.9. The lowest BCUT2D eigenvalue weighted by molar-refractivity contribution is 0.117. The summed E-state index contributed by atoms with van der Waals surface area (Å²) in [6, 6.07) is 3.58. The Balaban J connectivity index is 1.94. The number of rotatable bonds is 4. The van der Waals surface area contributed by atoms with E-state index in [1.165, 1.54) is 19.3 Å². The Morgan fingerprint density at radius 2 is 2.33 bits per heavy atom. The van der Waals surface area contributed by atoms with E-state index < -0.39 is 0 Å². The molecular formula is C14H21N3O. The molecule has 2 atom stereocenters. The number of hydrogen-bond acceptors (Lipinski definition) is 3. The van der Waals surface area contributed by atoms with E-state index in [4.69, 9.17) is 15.9 Å². The van der Waals surface area contributed by atoms with Gasteiger partial charge < -0.3 is 10.5 Å². The Labute approximate surface area is 108 Å².